The first kappa shape index (κ1) is 19.9. The van der Waals surface area contributed by atoms with Crippen LogP contribution in [0.4, 0.5) is 11.4 Å². The van der Waals surface area contributed by atoms with Gasteiger partial charge >= 0.3 is 0 Å². The maximum absolute atomic E-state index is 12.4. The van der Waals surface area contributed by atoms with Gasteiger partial charge in [0.25, 0.3) is 5.91 Å². The highest BCUT2D eigenvalue weighted by molar-refractivity contribution is 6.05. The Labute approximate surface area is 164 Å². The molecule has 1 atom stereocenters. The van der Waals surface area contributed by atoms with Gasteiger partial charge in [-0.1, -0.05) is 12.1 Å². The molecule has 1 heterocycles. The number of carbonyl (C=O) groups excluding carboxylic acids is 2. The largest absolute Gasteiger partial charge is 0.495 e. The number of hydrogen-bond acceptors (Lipinski definition) is 5. The van der Waals surface area contributed by atoms with Gasteiger partial charge in [-0.3, -0.25) is 14.5 Å². The van der Waals surface area contributed by atoms with Crippen molar-refractivity contribution in [3.05, 3.63) is 54.1 Å². The molecule has 148 valence electrons. The average molecular weight is 383 g/mol. The average Bonchev–Trinajstić information content (AvgIpc) is 2.69. The number of anilines is 2. The van der Waals surface area contributed by atoms with E-state index in [1.807, 2.05) is 17.0 Å². The van der Waals surface area contributed by atoms with Gasteiger partial charge in [0.1, 0.15) is 5.75 Å². The summed E-state index contributed by atoms with van der Waals surface area (Å²) >= 11 is 0. The quantitative estimate of drug-likeness (QED) is 0.712. The number of piperidine rings is 1. The third-order valence-electron chi connectivity index (χ3n) is 4.63. The third-order valence-corrected chi connectivity index (χ3v) is 4.63. The van der Waals surface area contributed by atoms with Crippen molar-refractivity contribution < 1.29 is 19.4 Å². The summed E-state index contributed by atoms with van der Waals surface area (Å²) in [4.78, 5) is 26.6. The van der Waals surface area contributed by atoms with Gasteiger partial charge in [0.2, 0.25) is 5.91 Å². The number of benzene rings is 2. The summed E-state index contributed by atoms with van der Waals surface area (Å²) in [6.07, 6.45) is 1.32. The second kappa shape index (κ2) is 9.34. The van der Waals surface area contributed by atoms with Crippen LogP contribution in [-0.2, 0) is 4.79 Å². The number of nitrogens with zero attached hydrogens (tertiary/aromatic N) is 1. The predicted molar refractivity (Wildman–Crippen MR) is 108 cm³/mol. The summed E-state index contributed by atoms with van der Waals surface area (Å²) in [5, 5.41) is 15.3. The van der Waals surface area contributed by atoms with Crippen molar-refractivity contribution in [1.82, 2.24) is 4.90 Å². The van der Waals surface area contributed by atoms with Crippen LogP contribution in [0.5, 0.6) is 5.75 Å². The third kappa shape index (κ3) is 5.31. The number of nitrogens with one attached hydrogen (secondary N) is 2. The number of amides is 2. The first-order valence-corrected chi connectivity index (χ1v) is 9.30. The smallest absolute Gasteiger partial charge is 0.255 e. The Bertz CT molecular complexity index is 823. The van der Waals surface area contributed by atoms with Crippen LogP contribution in [0.25, 0.3) is 0 Å². The van der Waals surface area contributed by atoms with Crippen LogP contribution in [0.2, 0.25) is 0 Å². The molecule has 3 rings (SSSR count). The lowest BCUT2D eigenvalue weighted by atomic mass is 10.1. The number of β-amino-alcohol motifs (C(OH)–C–C–N with tert-alkyl or cyclic N) is 1. The molecule has 0 bridgehead atoms. The number of methoxy groups -OCH3 is 1. The summed E-state index contributed by atoms with van der Waals surface area (Å²) in [5.41, 5.74) is 1.69. The van der Waals surface area contributed by atoms with E-state index in [9.17, 15) is 14.7 Å². The Kier molecular flexibility index (Phi) is 6.62. The van der Waals surface area contributed by atoms with Crippen LogP contribution in [-0.4, -0.2) is 54.7 Å². The van der Waals surface area contributed by atoms with Gasteiger partial charge in [-0.25, -0.2) is 0 Å². The number of para-hydroxylation sites is 2. The molecule has 1 aliphatic rings. The van der Waals surface area contributed by atoms with E-state index >= 15 is 0 Å². The molecule has 7 nitrogen and oxygen atoms in total. The summed E-state index contributed by atoms with van der Waals surface area (Å²) in [7, 11) is 1.55. The van der Waals surface area contributed by atoms with E-state index in [4.69, 9.17) is 4.74 Å². The molecular weight excluding hydrogens is 358 g/mol. The first-order valence-electron chi connectivity index (χ1n) is 9.30. The Morgan fingerprint density at radius 2 is 1.89 bits per heavy atom. The van der Waals surface area contributed by atoms with E-state index < -0.39 is 0 Å². The number of aliphatic hydroxyl groups is 1. The Morgan fingerprint density at radius 3 is 2.61 bits per heavy atom. The number of aliphatic hydroxyl groups excluding tert-OH is 1. The molecular formula is C21H25N3O4. The van der Waals surface area contributed by atoms with Gasteiger partial charge < -0.3 is 20.5 Å². The van der Waals surface area contributed by atoms with Crippen molar-refractivity contribution in [2.75, 3.05) is 37.4 Å². The number of hydrogen-bond donors (Lipinski definition) is 3. The number of ether oxygens (including phenoxy) is 1. The molecule has 2 aromatic carbocycles. The number of carbonyl (C=O) groups is 2. The van der Waals surface area contributed by atoms with Gasteiger partial charge in [0, 0.05) is 17.8 Å². The van der Waals surface area contributed by atoms with Crippen molar-refractivity contribution in [2.45, 2.75) is 18.9 Å². The number of rotatable bonds is 6. The van der Waals surface area contributed by atoms with E-state index in [2.05, 4.69) is 10.6 Å². The lowest BCUT2D eigenvalue weighted by molar-refractivity contribution is -0.118. The van der Waals surface area contributed by atoms with Crippen molar-refractivity contribution in [1.29, 1.82) is 0 Å². The molecule has 7 heteroatoms. The molecule has 0 aromatic heterocycles. The molecule has 1 unspecified atom stereocenters. The summed E-state index contributed by atoms with van der Waals surface area (Å²) in [6, 6.07) is 13.9. The van der Waals surface area contributed by atoms with Crippen molar-refractivity contribution >= 4 is 23.2 Å². The van der Waals surface area contributed by atoms with Gasteiger partial charge in [-0.15, -0.1) is 0 Å². The fourth-order valence-electron chi connectivity index (χ4n) is 3.23. The minimum atomic E-state index is -0.359. The second-order valence-electron chi connectivity index (χ2n) is 6.81. The van der Waals surface area contributed by atoms with Crippen LogP contribution >= 0.6 is 0 Å². The topological polar surface area (TPSA) is 90.9 Å². The van der Waals surface area contributed by atoms with Gasteiger partial charge in [-0.05, 0) is 55.8 Å². The Hall–Kier alpha value is -2.90. The van der Waals surface area contributed by atoms with Crippen LogP contribution in [0, 0.1) is 0 Å². The van der Waals surface area contributed by atoms with Crippen molar-refractivity contribution in [2.24, 2.45) is 0 Å². The second-order valence-corrected chi connectivity index (χ2v) is 6.81. The maximum atomic E-state index is 12.4. The molecule has 2 amide bonds. The van der Waals surface area contributed by atoms with Gasteiger partial charge in [0.05, 0.1) is 25.4 Å². The van der Waals surface area contributed by atoms with E-state index in [-0.39, 0.29) is 24.5 Å². The van der Waals surface area contributed by atoms with Gasteiger partial charge in [0.15, 0.2) is 0 Å². The SMILES string of the molecule is COc1ccccc1NC(=O)c1ccc(NC(=O)CN2CCCC(O)C2)cc1. The minimum Gasteiger partial charge on any atom is -0.495 e. The molecule has 0 saturated carbocycles. The molecule has 3 N–H and O–H groups in total. The first-order chi connectivity index (χ1) is 13.5. The molecule has 1 saturated heterocycles. The summed E-state index contributed by atoms with van der Waals surface area (Å²) in [6.45, 7) is 1.58. The van der Waals surface area contributed by atoms with E-state index in [1.54, 1.807) is 43.5 Å². The van der Waals surface area contributed by atoms with Crippen molar-refractivity contribution in [3.63, 3.8) is 0 Å². The maximum Gasteiger partial charge on any atom is 0.255 e. The fraction of sp³-hybridized carbons (Fsp3) is 0.333. The van der Waals surface area contributed by atoms with E-state index in [0.717, 1.165) is 19.4 Å². The van der Waals surface area contributed by atoms with Crippen LogP contribution in [0.1, 0.15) is 23.2 Å². The lowest BCUT2D eigenvalue weighted by Crippen LogP contribution is -2.42. The highest BCUT2D eigenvalue weighted by Crippen LogP contribution is 2.24. The van der Waals surface area contributed by atoms with Crippen LogP contribution in [0.15, 0.2) is 48.5 Å². The standard InChI is InChI=1S/C21H25N3O4/c1-28-19-7-3-2-6-18(19)23-21(27)15-8-10-16(11-9-15)22-20(26)14-24-12-4-5-17(25)13-24/h2-3,6-11,17,25H,4-5,12-14H2,1H3,(H,22,26)(H,23,27). The zero-order valence-electron chi connectivity index (χ0n) is 15.9. The van der Waals surface area contributed by atoms with E-state index in [1.165, 1.54) is 0 Å². The van der Waals surface area contributed by atoms with Crippen LogP contribution in [0.3, 0.4) is 0 Å². The van der Waals surface area contributed by atoms with Crippen LogP contribution < -0.4 is 15.4 Å². The number of likely N-dealkylation sites (tertiary alicyclic amines) is 1. The zero-order valence-corrected chi connectivity index (χ0v) is 15.9. The molecule has 28 heavy (non-hydrogen) atoms. The highest BCUT2D eigenvalue weighted by Gasteiger charge is 2.19. The fourth-order valence-corrected chi connectivity index (χ4v) is 3.23. The molecule has 1 fully saturated rings. The Morgan fingerprint density at radius 1 is 1.14 bits per heavy atom. The predicted octanol–water partition coefficient (Wildman–Crippen LogP) is 2.34. The monoisotopic (exact) mass is 383 g/mol. The molecule has 2 aromatic rings. The lowest BCUT2D eigenvalue weighted by Gasteiger charge is -2.29. The molecule has 0 radical (unpaired) electrons. The van der Waals surface area contributed by atoms with Crippen molar-refractivity contribution in [3.8, 4) is 5.75 Å². The summed E-state index contributed by atoms with van der Waals surface area (Å²) < 4.78 is 5.23. The zero-order chi connectivity index (χ0) is 19.9. The normalized spacial score (nSPS) is 17.0. The highest BCUT2D eigenvalue weighted by atomic mass is 16.5. The summed E-state index contributed by atoms with van der Waals surface area (Å²) in [5.74, 6) is 0.188. The molecule has 1 aliphatic heterocycles. The minimum absolute atomic E-state index is 0.139. The Balaban J connectivity index is 1.55. The molecule has 0 spiro atoms. The van der Waals surface area contributed by atoms with Gasteiger partial charge in [-0.2, -0.15) is 0 Å². The molecule has 0 aliphatic carbocycles. The van der Waals surface area contributed by atoms with E-state index in [0.29, 0.717) is 29.2 Å².